The van der Waals surface area contributed by atoms with Gasteiger partial charge in [0.25, 0.3) is 0 Å². The van der Waals surface area contributed by atoms with Crippen molar-refractivity contribution < 1.29 is 23.9 Å². The first kappa shape index (κ1) is 20.6. The molecule has 1 aromatic rings. The predicted molar refractivity (Wildman–Crippen MR) is 109 cm³/mol. The molecule has 5 nitrogen and oxygen atoms in total. The molecule has 0 N–H and O–H groups in total. The van der Waals surface area contributed by atoms with Gasteiger partial charge in [-0.15, -0.1) is 0 Å². The maximum absolute atomic E-state index is 13.4. The number of carbonyl (C=O) groups is 3. The van der Waals surface area contributed by atoms with Crippen LogP contribution in [0.4, 0.5) is 0 Å². The molecular formula is C23H28O5Se. The van der Waals surface area contributed by atoms with E-state index in [0.29, 0.717) is 13.0 Å². The Bertz CT molecular complexity index is 809. The van der Waals surface area contributed by atoms with Gasteiger partial charge < -0.3 is 0 Å². The van der Waals surface area contributed by atoms with E-state index in [1.807, 2.05) is 32.0 Å². The van der Waals surface area contributed by atoms with Gasteiger partial charge in [0.15, 0.2) is 0 Å². The number of ether oxygens (including phenoxy) is 2. The number of Topliss-reactive ketones (excluding diaryl/α,β-unsaturated/α-hetero) is 1. The molecule has 1 heterocycles. The summed E-state index contributed by atoms with van der Waals surface area (Å²) in [6, 6.07) is 10.2. The SMILES string of the molecule is CC(=O)OC[C@@]12CCC3[C@H](C)C(=O)O[C@@H]3[C@H]1[C@H](C)C(=O)[C@H]([Se]c1ccccc1)C2. The molecule has 1 unspecified atom stereocenters. The first-order valence-corrected chi connectivity index (χ1v) is 12.3. The van der Waals surface area contributed by atoms with Crippen molar-refractivity contribution in [2.45, 2.75) is 51.0 Å². The van der Waals surface area contributed by atoms with E-state index in [1.54, 1.807) is 0 Å². The van der Waals surface area contributed by atoms with Gasteiger partial charge in [-0.3, -0.25) is 0 Å². The van der Waals surface area contributed by atoms with Crippen molar-refractivity contribution in [1.29, 1.82) is 0 Å². The van der Waals surface area contributed by atoms with E-state index in [2.05, 4.69) is 12.1 Å². The molecule has 0 bridgehead atoms. The fraction of sp³-hybridized carbons (Fsp3) is 0.609. The van der Waals surface area contributed by atoms with Crippen molar-refractivity contribution in [2.75, 3.05) is 6.61 Å². The zero-order valence-corrected chi connectivity index (χ0v) is 18.8. The number of hydrogen-bond donors (Lipinski definition) is 0. The minimum atomic E-state index is -0.300. The van der Waals surface area contributed by atoms with Gasteiger partial charge in [0.05, 0.1) is 0 Å². The molecule has 6 heteroatoms. The van der Waals surface area contributed by atoms with Crippen LogP contribution in [0.2, 0.25) is 4.82 Å². The van der Waals surface area contributed by atoms with Crippen LogP contribution in [0.5, 0.6) is 0 Å². The molecule has 4 rings (SSSR count). The van der Waals surface area contributed by atoms with E-state index < -0.39 is 0 Å². The van der Waals surface area contributed by atoms with Gasteiger partial charge in [0.1, 0.15) is 0 Å². The van der Waals surface area contributed by atoms with Gasteiger partial charge in [-0.05, 0) is 0 Å². The van der Waals surface area contributed by atoms with Crippen LogP contribution in [0, 0.1) is 29.1 Å². The standard InChI is InChI=1S/C23H28O5Se/c1-13-17-9-10-23(12-27-15(3)24)11-18(29-16-7-5-4-6-8-16)20(25)14(2)19(23)21(17)28-22(13)26/h4-8,13-14,17-19,21H,9-12H2,1-3H3/t13-,14-,17?,18+,19+,21-,23-/m0/s1. The summed E-state index contributed by atoms with van der Waals surface area (Å²) >= 11 is 0.0251. The number of esters is 2. The third-order valence-corrected chi connectivity index (χ3v) is 9.78. The fourth-order valence-corrected chi connectivity index (χ4v) is 8.65. The number of benzene rings is 1. The van der Waals surface area contributed by atoms with Crippen LogP contribution in [-0.4, -0.2) is 45.4 Å². The number of fused-ring (bicyclic) bond motifs is 3. The van der Waals surface area contributed by atoms with Crippen molar-refractivity contribution in [3.63, 3.8) is 0 Å². The van der Waals surface area contributed by atoms with Gasteiger partial charge in [0, 0.05) is 0 Å². The number of carbonyl (C=O) groups excluding carboxylic acids is 3. The van der Waals surface area contributed by atoms with Crippen LogP contribution >= 0.6 is 0 Å². The first-order chi connectivity index (χ1) is 13.8. The van der Waals surface area contributed by atoms with Crippen LogP contribution in [0.3, 0.4) is 0 Å². The van der Waals surface area contributed by atoms with Gasteiger partial charge in [-0.2, -0.15) is 0 Å². The maximum atomic E-state index is 13.4. The van der Waals surface area contributed by atoms with Crippen molar-refractivity contribution in [1.82, 2.24) is 0 Å². The van der Waals surface area contributed by atoms with E-state index in [-0.39, 0.29) is 72.7 Å². The van der Waals surface area contributed by atoms with Gasteiger partial charge in [0.2, 0.25) is 0 Å². The molecule has 2 saturated carbocycles. The van der Waals surface area contributed by atoms with Crippen molar-refractivity contribution in [3.05, 3.63) is 30.3 Å². The normalized spacial score (nSPS) is 38.7. The molecule has 156 valence electrons. The quantitative estimate of drug-likeness (QED) is 0.507. The average molecular weight is 463 g/mol. The Morgan fingerprint density at radius 1 is 1.21 bits per heavy atom. The summed E-state index contributed by atoms with van der Waals surface area (Å²) in [6.07, 6.45) is 2.21. The summed E-state index contributed by atoms with van der Waals surface area (Å²) in [4.78, 5) is 37.3. The Morgan fingerprint density at radius 3 is 2.62 bits per heavy atom. The molecule has 0 aromatic heterocycles. The molecule has 2 aliphatic carbocycles. The summed E-state index contributed by atoms with van der Waals surface area (Å²) in [5.74, 6) is -0.436. The van der Waals surface area contributed by atoms with Crippen LogP contribution in [0.25, 0.3) is 0 Å². The molecule has 0 spiro atoms. The summed E-state index contributed by atoms with van der Waals surface area (Å²) in [6.45, 7) is 5.66. The topological polar surface area (TPSA) is 69.7 Å². The minimum absolute atomic E-state index is 0.0251. The monoisotopic (exact) mass is 464 g/mol. The van der Waals surface area contributed by atoms with Gasteiger partial charge in [-0.1, -0.05) is 0 Å². The summed E-state index contributed by atoms with van der Waals surface area (Å²) < 4.78 is 12.6. The molecule has 1 saturated heterocycles. The molecule has 3 aliphatic rings. The van der Waals surface area contributed by atoms with E-state index in [9.17, 15) is 14.4 Å². The third kappa shape index (κ3) is 3.66. The van der Waals surface area contributed by atoms with Crippen LogP contribution in [0.1, 0.15) is 40.0 Å². The second-order valence-electron chi connectivity index (χ2n) is 8.88. The van der Waals surface area contributed by atoms with Crippen LogP contribution in [0.15, 0.2) is 30.3 Å². The molecule has 3 fully saturated rings. The molecule has 1 aromatic carbocycles. The van der Waals surface area contributed by atoms with Crippen LogP contribution < -0.4 is 4.46 Å². The van der Waals surface area contributed by atoms with E-state index in [1.165, 1.54) is 11.4 Å². The third-order valence-electron chi connectivity index (χ3n) is 7.21. The van der Waals surface area contributed by atoms with E-state index in [4.69, 9.17) is 9.47 Å². The molecule has 29 heavy (non-hydrogen) atoms. The van der Waals surface area contributed by atoms with Gasteiger partial charge >= 0.3 is 178 Å². The van der Waals surface area contributed by atoms with Crippen LogP contribution in [-0.2, 0) is 23.9 Å². The fourth-order valence-electron chi connectivity index (χ4n) is 5.74. The number of rotatable bonds is 4. The Hall–Kier alpha value is -1.65. The van der Waals surface area contributed by atoms with E-state index >= 15 is 0 Å². The Balaban J connectivity index is 1.66. The van der Waals surface area contributed by atoms with Crippen molar-refractivity contribution in [2.24, 2.45) is 29.1 Å². The Labute approximate surface area is 178 Å². The molecule has 7 atom stereocenters. The zero-order valence-electron chi connectivity index (χ0n) is 17.1. The second-order valence-corrected chi connectivity index (χ2v) is 11.6. The molecule has 0 radical (unpaired) electrons. The average Bonchev–Trinajstić information content (AvgIpc) is 2.98. The molecule has 1 aliphatic heterocycles. The summed E-state index contributed by atoms with van der Waals surface area (Å²) in [5.41, 5.74) is -0.300. The predicted octanol–water partition coefficient (Wildman–Crippen LogP) is 2.55. The second kappa shape index (κ2) is 7.88. The summed E-state index contributed by atoms with van der Waals surface area (Å²) in [5, 5.41) is 0. The molecule has 0 amide bonds. The Kier molecular flexibility index (Phi) is 5.60. The van der Waals surface area contributed by atoms with Crippen molar-refractivity contribution >= 4 is 37.1 Å². The van der Waals surface area contributed by atoms with Gasteiger partial charge in [-0.25, -0.2) is 0 Å². The number of hydrogen-bond acceptors (Lipinski definition) is 5. The zero-order chi connectivity index (χ0) is 20.8. The first-order valence-electron chi connectivity index (χ1n) is 10.4. The summed E-state index contributed by atoms with van der Waals surface area (Å²) in [7, 11) is 0. The van der Waals surface area contributed by atoms with Crippen molar-refractivity contribution in [3.8, 4) is 0 Å². The Morgan fingerprint density at radius 2 is 1.93 bits per heavy atom. The number of ketones is 1. The van der Waals surface area contributed by atoms with E-state index in [0.717, 1.165) is 12.8 Å². The molecular weight excluding hydrogens is 435 g/mol.